The van der Waals surface area contributed by atoms with Crippen molar-refractivity contribution in [3.63, 3.8) is 0 Å². The second-order valence-corrected chi connectivity index (χ2v) is 23.4. The minimum absolute atomic E-state index is 0.0522. The van der Waals surface area contributed by atoms with Crippen molar-refractivity contribution < 1.29 is 158 Å². The molecule has 112 heavy (non-hydrogen) atoms. The summed E-state index contributed by atoms with van der Waals surface area (Å²) in [6, 6.07) is 35.0. The summed E-state index contributed by atoms with van der Waals surface area (Å²) in [7, 11) is 5.78. The van der Waals surface area contributed by atoms with Gasteiger partial charge in [-0.3, -0.25) is 0 Å². The summed E-state index contributed by atoms with van der Waals surface area (Å²) < 4.78 is 40.1. The summed E-state index contributed by atoms with van der Waals surface area (Å²) in [6.07, 6.45) is 3.34. The van der Waals surface area contributed by atoms with Gasteiger partial charge in [0.15, 0.2) is 57.5 Å². The van der Waals surface area contributed by atoms with Crippen molar-refractivity contribution in [3.8, 4) is 69.0 Å². The second-order valence-electron chi connectivity index (χ2n) is 23.4. The molecule has 0 radical (unpaired) electrons. The Labute approximate surface area is 638 Å². The third-order valence-corrected chi connectivity index (χ3v) is 15.6. The Kier molecular flexibility index (Phi) is 35.0. The first kappa shape index (κ1) is 88.5. The highest BCUT2D eigenvalue weighted by Gasteiger charge is 2.27. The van der Waals surface area contributed by atoms with E-state index in [0.717, 1.165) is 24.3 Å². The SMILES string of the molecule is COc1cc(/C=C/C(=O)OC(Cc2ccc(CO)c(O)c2)C(=O)O)ccc1O.COc1ccc(/C=C/C(=O)OC(Cc2ccc(CO)c(O)c2)C(=O)O)cc1O.COc1ccc(/C=C/C(=O)OC(Cc2ccc(O)c(O)c2)C(=O)O)cc1OC.O=C(/C=C/c1ccc(O)c(O)c1)OC(Cc1ccc(CO)c(CO)c1)C(=O)O. The molecule has 592 valence electrons. The van der Waals surface area contributed by atoms with Gasteiger partial charge in [-0.2, -0.15) is 0 Å². The van der Waals surface area contributed by atoms with E-state index in [2.05, 4.69) is 0 Å². The lowest BCUT2D eigenvalue weighted by atomic mass is 10.0. The molecular formula is C80H80O32. The van der Waals surface area contributed by atoms with Crippen molar-refractivity contribution in [2.24, 2.45) is 0 Å². The predicted octanol–water partition coefficient (Wildman–Crippen LogP) is 7.40. The first-order chi connectivity index (χ1) is 53.3. The van der Waals surface area contributed by atoms with Crippen LogP contribution in [0.5, 0.6) is 69.0 Å². The Morgan fingerprint density at radius 2 is 0.562 bits per heavy atom. The number of ether oxygens (including phenoxy) is 8. The molecule has 0 amide bonds. The summed E-state index contributed by atoms with van der Waals surface area (Å²) in [4.78, 5) is 93.4. The maximum absolute atomic E-state index is 12.0. The molecule has 0 aliphatic carbocycles. The van der Waals surface area contributed by atoms with Crippen LogP contribution in [0.1, 0.15) is 66.8 Å². The van der Waals surface area contributed by atoms with Crippen molar-refractivity contribution in [2.75, 3.05) is 28.4 Å². The zero-order valence-corrected chi connectivity index (χ0v) is 60.1. The number of hydrogen-bond acceptors (Lipinski definition) is 28. The van der Waals surface area contributed by atoms with Crippen molar-refractivity contribution in [1.82, 2.24) is 0 Å². The van der Waals surface area contributed by atoms with Gasteiger partial charge in [0, 0.05) is 61.1 Å². The zero-order chi connectivity index (χ0) is 82.7. The minimum atomic E-state index is -1.46. The number of benzene rings is 8. The molecule has 4 atom stereocenters. The van der Waals surface area contributed by atoms with Crippen LogP contribution >= 0.6 is 0 Å². The summed E-state index contributed by atoms with van der Waals surface area (Å²) >= 11 is 0. The molecular weight excluding hydrogens is 1470 g/mol. The number of phenols is 8. The van der Waals surface area contributed by atoms with Crippen molar-refractivity contribution in [3.05, 3.63) is 237 Å². The fourth-order valence-corrected chi connectivity index (χ4v) is 9.70. The van der Waals surface area contributed by atoms with E-state index in [1.165, 1.54) is 150 Å². The Morgan fingerprint density at radius 3 is 0.893 bits per heavy atom. The van der Waals surface area contributed by atoms with Gasteiger partial charge in [-0.25, -0.2) is 38.4 Å². The van der Waals surface area contributed by atoms with Gasteiger partial charge in [0.2, 0.25) is 24.4 Å². The smallest absolute Gasteiger partial charge is 0.345 e. The molecule has 8 aromatic rings. The quantitative estimate of drug-likeness (QED) is 0.00844. The van der Waals surface area contributed by atoms with Crippen LogP contribution in [0.25, 0.3) is 24.3 Å². The van der Waals surface area contributed by atoms with Gasteiger partial charge in [0.05, 0.1) is 54.9 Å². The molecule has 32 nitrogen and oxygen atoms in total. The lowest BCUT2D eigenvalue weighted by Crippen LogP contribution is -2.28. The number of carbonyl (C=O) groups is 8. The monoisotopic (exact) mass is 1550 g/mol. The molecule has 0 bridgehead atoms. The molecule has 8 aromatic carbocycles. The lowest BCUT2D eigenvalue weighted by molar-refractivity contribution is -0.160. The highest BCUT2D eigenvalue weighted by atomic mass is 16.6. The number of carbonyl (C=O) groups excluding carboxylic acids is 4. The average molecular weight is 1550 g/mol. The van der Waals surface area contributed by atoms with E-state index < -0.39 is 72.2 Å². The van der Waals surface area contributed by atoms with Crippen molar-refractivity contribution >= 4 is 72.1 Å². The number of carboxylic acid groups (broad SMARTS) is 4. The Morgan fingerprint density at radius 1 is 0.277 bits per heavy atom. The summed E-state index contributed by atoms with van der Waals surface area (Å²) in [5.41, 5.74) is 5.44. The fraction of sp³-hybridized carbons (Fsp3) is 0.200. The molecule has 0 heterocycles. The van der Waals surface area contributed by atoms with E-state index in [4.69, 9.17) is 48.1 Å². The molecule has 8 rings (SSSR count). The van der Waals surface area contributed by atoms with E-state index in [0.29, 0.717) is 78.3 Å². The van der Waals surface area contributed by atoms with Crippen molar-refractivity contribution in [2.45, 2.75) is 76.5 Å². The van der Waals surface area contributed by atoms with Gasteiger partial charge >= 0.3 is 47.8 Å². The fourth-order valence-electron chi connectivity index (χ4n) is 9.70. The summed E-state index contributed by atoms with van der Waals surface area (Å²) in [5, 5.41) is 150. The number of methoxy groups -OCH3 is 4. The van der Waals surface area contributed by atoms with Gasteiger partial charge in [-0.15, -0.1) is 0 Å². The molecule has 32 heteroatoms. The number of aliphatic hydroxyl groups excluding tert-OH is 4. The van der Waals surface area contributed by atoms with Crippen LogP contribution in [-0.4, -0.2) is 182 Å². The third kappa shape index (κ3) is 28.6. The molecule has 0 aliphatic heterocycles. The highest BCUT2D eigenvalue weighted by molar-refractivity contribution is 5.92. The summed E-state index contributed by atoms with van der Waals surface area (Å²) in [6.45, 7) is -1.28. The van der Waals surface area contributed by atoms with Crippen molar-refractivity contribution in [1.29, 1.82) is 0 Å². The average Bonchev–Trinajstić information content (AvgIpc) is 0.843. The third-order valence-electron chi connectivity index (χ3n) is 15.6. The second kappa shape index (κ2) is 44.3. The number of aliphatic carboxylic acids is 4. The van der Waals surface area contributed by atoms with Crippen LogP contribution in [0.4, 0.5) is 0 Å². The van der Waals surface area contributed by atoms with E-state index in [-0.39, 0.29) is 110 Å². The summed E-state index contributed by atoms with van der Waals surface area (Å²) in [5.74, 6) is -9.17. The van der Waals surface area contributed by atoms with Crippen LogP contribution in [0.3, 0.4) is 0 Å². The number of esters is 4. The Balaban J connectivity index is 0.000000267. The van der Waals surface area contributed by atoms with E-state index in [1.807, 2.05) is 0 Å². The molecule has 0 aliphatic rings. The normalized spacial score (nSPS) is 11.9. The standard InChI is InChI=1S/4C20H20O8/c1-26-16-7-4-12(10-17(16)27-2)5-8-19(23)28-18(20(24)25)11-13-3-6-14(21)15(22)9-13;1-27-17-9-12(3-6-15(17)22)4-7-19(24)28-18(20(25)26)10-13-2-5-14(11-21)16(23)8-13;1-27-17-6-3-12(8-16(17)23)4-7-19(24)28-18(20(25)26)10-13-2-5-14(11-21)15(22)9-13;21-10-14-4-1-13(7-15(14)11-22)9-18(20(26)27)28-19(25)6-3-12-2-5-16(23)17(24)8-12/h3-10,18,21-22H,11H2,1-2H3,(H,24,25);2*2-9,18,21-23H,10-11H2,1H3,(H,25,26);1-8,18,21-24H,9-11H2,(H,26,27)/b8-5+;2*7-4+;6-3+. The number of hydrogen-bond donors (Lipinski definition) is 16. The van der Waals surface area contributed by atoms with Crippen LogP contribution < -0.4 is 18.9 Å². The molecule has 0 aromatic heterocycles. The maximum Gasteiger partial charge on any atom is 0.345 e. The Bertz CT molecular complexity index is 4730. The molecule has 0 spiro atoms. The molecule has 0 saturated carbocycles. The minimum Gasteiger partial charge on any atom is -0.508 e. The van der Waals surface area contributed by atoms with Crippen LogP contribution in [0, 0.1) is 0 Å². The molecule has 0 fully saturated rings. The van der Waals surface area contributed by atoms with E-state index in [9.17, 15) is 110 Å². The van der Waals surface area contributed by atoms with Gasteiger partial charge < -0.3 is 120 Å². The topological polar surface area (TPSA) is 534 Å². The molecule has 4 unspecified atom stereocenters. The first-order valence-corrected chi connectivity index (χ1v) is 33.0. The largest absolute Gasteiger partial charge is 0.508 e. The number of rotatable bonds is 32. The first-order valence-electron chi connectivity index (χ1n) is 33.0. The number of aromatic hydroxyl groups is 8. The predicted molar refractivity (Wildman–Crippen MR) is 396 cm³/mol. The van der Waals surface area contributed by atoms with Crippen LogP contribution in [-0.2, 0) is 109 Å². The van der Waals surface area contributed by atoms with Crippen LogP contribution in [0.2, 0.25) is 0 Å². The van der Waals surface area contributed by atoms with E-state index in [1.54, 1.807) is 48.5 Å². The molecule has 0 saturated heterocycles. The number of aliphatic hydroxyl groups is 4. The maximum atomic E-state index is 12.0. The Hall–Kier alpha value is -14.1. The van der Waals surface area contributed by atoms with Gasteiger partial charge in [-0.1, -0.05) is 72.8 Å². The number of carboxylic acids is 4. The zero-order valence-electron chi connectivity index (χ0n) is 60.1. The lowest BCUT2D eigenvalue weighted by Gasteiger charge is -2.14. The van der Waals surface area contributed by atoms with Gasteiger partial charge in [-0.05, 0) is 153 Å². The molecule has 16 N–H and O–H groups in total. The number of phenolic OH excluding ortho intramolecular Hbond substituents is 6. The van der Waals surface area contributed by atoms with Crippen LogP contribution in [0.15, 0.2) is 170 Å². The van der Waals surface area contributed by atoms with Gasteiger partial charge in [0.1, 0.15) is 11.5 Å². The van der Waals surface area contributed by atoms with E-state index >= 15 is 0 Å². The highest BCUT2D eigenvalue weighted by Crippen LogP contribution is 2.32. The van der Waals surface area contributed by atoms with Gasteiger partial charge in [0.25, 0.3) is 0 Å².